The fourth-order valence-electron chi connectivity index (χ4n) is 3.29. The first kappa shape index (κ1) is 19.8. The molecule has 0 fully saturated rings. The molecule has 0 bridgehead atoms. The van der Waals surface area contributed by atoms with Gasteiger partial charge in [-0.25, -0.2) is 9.71 Å². The Hall–Kier alpha value is -3.52. The van der Waals surface area contributed by atoms with E-state index in [1.54, 1.807) is 13.0 Å². The number of aryl methyl sites for hydroxylation is 1. The van der Waals surface area contributed by atoms with E-state index >= 15 is 0 Å². The number of nitrogens with one attached hydrogen (secondary N) is 1. The third-order valence-corrected chi connectivity index (χ3v) is 6.10. The lowest BCUT2D eigenvalue weighted by molar-refractivity contribution is -0.113. The van der Waals surface area contributed by atoms with Crippen molar-refractivity contribution < 1.29 is 18.0 Å². The SMILES string of the molecule is Cc1ccc(S(=O)(=O)NC(=O)C2=NOC(c3ccccc3)(c3ccccc3)C2)nc1. The number of rotatable bonds is 5. The van der Waals surface area contributed by atoms with Gasteiger partial charge in [-0.3, -0.25) is 4.79 Å². The quantitative estimate of drug-likeness (QED) is 0.683. The molecule has 1 aromatic heterocycles. The maximum atomic E-state index is 12.7. The van der Waals surface area contributed by atoms with Crippen LogP contribution in [0.2, 0.25) is 0 Å². The van der Waals surface area contributed by atoms with E-state index < -0.39 is 21.5 Å². The van der Waals surface area contributed by atoms with Crippen LogP contribution >= 0.6 is 0 Å². The molecule has 2 aromatic carbocycles. The lowest BCUT2D eigenvalue weighted by atomic mass is 9.82. The highest BCUT2D eigenvalue weighted by molar-refractivity contribution is 7.90. The average molecular weight is 421 g/mol. The summed E-state index contributed by atoms with van der Waals surface area (Å²) in [6, 6.07) is 21.7. The lowest BCUT2D eigenvalue weighted by Crippen LogP contribution is -2.37. The van der Waals surface area contributed by atoms with Gasteiger partial charge in [-0.1, -0.05) is 71.9 Å². The Morgan fingerprint density at radius 3 is 2.10 bits per heavy atom. The molecule has 0 saturated carbocycles. The zero-order chi connectivity index (χ0) is 21.2. The second kappa shape index (κ2) is 7.72. The van der Waals surface area contributed by atoms with Gasteiger partial charge in [-0.15, -0.1) is 0 Å². The van der Waals surface area contributed by atoms with Crippen LogP contribution in [0.3, 0.4) is 0 Å². The number of pyridine rings is 1. The molecular formula is C22H19N3O4S. The first-order valence-corrected chi connectivity index (χ1v) is 10.7. The molecule has 0 unspecified atom stereocenters. The van der Waals surface area contributed by atoms with E-state index in [9.17, 15) is 13.2 Å². The van der Waals surface area contributed by atoms with Crippen LogP contribution in [0.1, 0.15) is 23.1 Å². The Morgan fingerprint density at radius 2 is 1.57 bits per heavy atom. The van der Waals surface area contributed by atoms with Crippen molar-refractivity contribution in [3.05, 3.63) is 95.7 Å². The Balaban J connectivity index is 1.61. The van der Waals surface area contributed by atoms with Gasteiger partial charge in [-0.2, -0.15) is 8.42 Å². The molecule has 152 valence electrons. The minimum absolute atomic E-state index is 0.0154. The Kier molecular flexibility index (Phi) is 5.09. The van der Waals surface area contributed by atoms with Gasteiger partial charge in [0.25, 0.3) is 15.9 Å². The third kappa shape index (κ3) is 3.69. The first-order valence-electron chi connectivity index (χ1n) is 9.27. The van der Waals surface area contributed by atoms with Gasteiger partial charge in [0.2, 0.25) is 0 Å². The van der Waals surface area contributed by atoms with Crippen molar-refractivity contribution in [2.24, 2.45) is 5.16 Å². The van der Waals surface area contributed by atoms with E-state index in [0.717, 1.165) is 16.7 Å². The monoisotopic (exact) mass is 421 g/mol. The summed E-state index contributed by atoms with van der Waals surface area (Å²) in [6.07, 6.45) is 1.51. The van der Waals surface area contributed by atoms with Crippen LogP contribution in [0, 0.1) is 6.92 Å². The summed E-state index contributed by atoms with van der Waals surface area (Å²) in [5.74, 6) is -0.842. The van der Waals surface area contributed by atoms with Gasteiger partial charge in [0, 0.05) is 17.3 Å². The number of oxime groups is 1. The minimum atomic E-state index is -4.13. The van der Waals surface area contributed by atoms with Crippen LogP contribution in [0.5, 0.6) is 0 Å². The van der Waals surface area contributed by atoms with Crippen molar-refractivity contribution in [1.29, 1.82) is 0 Å². The molecule has 0 aliphatic carbocycles. The second-order valence-electron chi connectivity index (χ2n) is 6.97. The molecule has 0 radical (unpaired) electrons. The summed E-state index contributed by atoms with van der Waals surface area (Å²) in [5, 5.41) is 3.72. The van der Waals surface area contributed by atoms with Crippen LogP contribution in [0.25, 0.3) is 0 Å². The smallest absolute Gasteiger partial charge is 0.283 e. The topological polar surface area (TPSA) is 97.7 Å². The maximum Gasteiger partial charge on any atom is 0.283 e. The fourth-order valence-corrected chi connectivity index (χ4v) is 4.20. The molecule has 0 atom stereocenters. The maximum absolute atomic E-state index is 12.7. The zero-order valence-electron chi connectivity index (χ0n) is 16.1. The Morgan fingerprint density at radius 1 is 0.967 bits per heavy atom. The Labute approximate surface area is 174 Å². The van der Waals surface area contributed by atoms with Gasteiger partial charge >= 0.3 is 0 Å². The summed E-state index contributed by atoms with van der Waals surface area (Å²) in [6.45, 7) is 1.79. The van der Waals surface area contributed by atoms with Crippen LogP contribution in [-0.4, -0.2) is 25.0 Å². The van der Waals surface area contributed by atoms with E-state index in [0.29, 0.717) is 0 Å². The molecule has 7 nitrogen and oxygen atoms in total. The zero-order valence-corrected chi connectivity index (χ0v) is 17.0. The summed E-state index contributed by atoms with van der Waals surface area (Å²) >= 11 is 0. The molecular weight excluding hydrogens is 402 g/mol. The number of hydrogen-bond acceptors (Lipinski definition) is 6. The normalized spacial score (nSPS) is 15.2. The molecule has 2 heterocycles. The molecule has 3 aromatic rings. The number of hydrogen-bond donors (Lipinski definition) is 1. The lowest BCUT2D eigenvalue weighted by Gasteiger charge is -2.27. The van der Waals surface area contributed by atoms with Crippen molar-refractivity contribution in [3.8, 4) is 0 Å². The van der Waals surface area contributed by atoms with Crippen LogP contribution in [0.4, 0.5) is 0 Å². The van der Waals surface area contributed by atoms with Crippen molar-refractivity contribution in [2.45, 2.75) is 24.0 Å². The van der Waals surface area contributed by atoms with Crippen LogP contribution in [-0.2, 0) is 25.3 Å². The molecule has 1 aliphatic rings. The van der Waals surface area contributed by atoms with Gasteiger partial charge in [-0.05, 0) is 18.6 Å². The standard InChI is InChI=1S/C22H19N3O4S/c1-16-12-13-20(23-15-16)30(27,28)25-21(26)19-14-22(29-24-19,17-8-4-2-5-9-17)18-10-6-3-7-11-18/h2-13,15H,14H2,1H3,(H,25,26). The van der Waals surface area contributed by atoms with Gasteiger partial charge in [0.15, 0.2) is 16.3 Å². The van der Waals surface area contributed by atoms with Crippen molar-refractivity contribution in [3.63, 3.8) is 0 Å². The molecule has 4 rings (SSSR count). The van der Waals surface area contributed by atoms with Crippen LogP contribution in [0.15, 0.2) is 89.2 Å². The number of carbonyl (C=O) groups excluding carboxylic acids is 1. The number of aromatic nitrogens is 1. The van der Waals surface area contributed by atoms with Gasteiger partial charge in [0.1, 0.15) is 0 Å². The predicted molar refractivity (Wildman–Crippen MR) is 111 cm³/mol. The van der Waals surface area contributed by atoms with E-state index in [1.165, 1.54) is 12.3 Å². The predicted octanol–water partition coefficient (Wildman–Crippen LogP) is 2.92. The van der Waals surface area contributed by atoms with Crippen molar-refractivity contribution in [2.75, 3.05) is 0 Å². The highest BCUT2D eigenvalue weighted by Crippen LogP contribution is 2.41. The minimum Gasteiger partial charge on any atom is -0.379 e. The van der Waals surface area contributed by atoms with Gasteiger partial charge < -0.3 is 4.84 Å². The molecule has 1 aliphatic heterocycles. The first-order chi connectivity index (χ1) is 14.4. The molecule has 8 heteroatoms. The highest BCUT2D eigenvalue weighted by Gasteiger charge is 2.45. The molecule has 0 saturated heterocycles. The van der Waals surface area contributed by atoms with Crippen LogP contribution < -0.4 is 4.72 Å². The summed E-state index contributed by atoms with van der Waals surface area (Å²) in [4.78, 5) is 22.4. The summed E-state index contributed by atoms with van der Waals surface area (Å²) in [7, 11) is -4.13. The van der Waals surface area contributed by atoms with E-state index in [1.807, 2.05) is 65.4 Å². The van der Waals surface area contributed by atoms with E-state index in [2.05, 4.69) is 10.1 Å². The van der Waals surface area contributed by atoms with Gasteiger partial charge in [0.05, 0.1) is 6.42 Å². The molecule has 1 amide bonds. The number of nitrogens with zero attached hydrogens (tertiary/aromatic N) is 2. The summed E-state index contributed by atoms with van der Waals surface area (Å²) in [5.41, 5.74) is 1.40. The van der Waals surface area contributed by atoms with Crippen molar-refractivity contribution in [1.82, 2.24) is 9.71 Å². The highest BCUT2D eigenvalue weighted by atomic mass is 32.2. The van der Waals surface area contributed by atoms with E-state index in [4.69, 9.17) is 4.84 Å². The number of carbonyl (C=O) groups is 1. The molecule has 1 N–H and O–H groups in total. The number of amides is 1. The van der Waals surface area contributed by atoms with Crippen molar-refractivity contribution >= 4 is 21.6 Å². The average Bonchev–Trinajstić information content (AvgIpc) is 3.22. The second-order valence-corrected chi connectivity index (χ2v) is 8.60. The number of sulfonamides is 1. The Bertz CT molecular complexity index is 1150. The summed E-state index contributed by atoms with van der Waals surface area (Å²) < 4.78 is 27.1. The third-order valence-electron chi connectivity index (χ3n) is 4.86. The van der Waals surface area contributed by atoms with E-state index in [-0.39, 0.29) is 17.2 Å². The largest absolute Gasteiger partial charge is 0.379 e. The number of benzene rings is 2. The fraction of sp³-hybridized carbons (Fsp3) is 0.136. The molecule has 30 heavy (non-hydrogen) atoms. The molecule has 0 spiro atoms.